The molecular weight excluding hydrogens is 426 g/mol. The van der Waals surface area contributed by atoms with E-state index in [0.717, 1.165) is 16.2 Å². The van der Waals surface area contributed by atoms with Crippen LogP contribution in [0.25, 0.3) is 11.3 Å². The SMILES string of the molecule is Cc1ccc(Nc2c(-c3ccc(F)cc3)nc3n2CCN(C(=O)C(N)C(F)(F)F)C3)cc1. The predicted octanol–water partition coefficient (Wildman–Crippen LogP) is 3.97. The van der Waals surface area contributed by atoms with Gasteiger partial charge in [-0.15, -0.1) is 0 Å². The Morgan fingerprint density at radius 3 is 2.38 bits per heavy atom. The Morgan fingerprint density at radius 2 is 1.75 bits per heavy atom. The van der Waals surface area contributed by atoms with Crippen molar-refractivity contribution in [3.63, 3.8) is 0 Å². The summed E-state index contributed by atoms with van der Waals surface area (Å²) in [5.74, 6) is -0.567. The van der Waals surface area contributed by atoms with Gasteiger partial charge >= 0.3 is 6.18 Å². The number of hydrogen-bond acceptors (Lipinski definition) is 4. The molecule has 10 heteroatoms. The van der Waals surface area contributed by atoms with Crippen LogP contribution in [0.1, 0.15) is 11.4 Å². The number of nitrogens with two attached hydrogens (primary N) is 1. The van der Waals surface area contributed by atoms with Crippen molar-refractivity contribution in [1.82, 2.24) is 14.5 Å². The number of fused-ring (bicyclic) bond motifs is 1. The van der Waals surface area contributed by atoms with Crippen LogP contribution < -0.4 is 11.1 Å². The first-order chi connectivity index (χ1) is 15.1. The van der Waals surface area contributed by atoms with Gasteiger partial charge < -0.3 is 20.5 Å². The van der Waals surface area contributed by atoms with Crippen LogP contribution >= 0.6 is 0 Å². The second kappa shape index (κ2) is 8.27. The van der Waals surface area contributed by atoms with Crippen molar-refractivity contribution in [3.05, 3.63) is 65.7 Å². The van der Waals surface area contributed by atoms with Gasteiger partial charge in [-0.25, -0.2) is 9.37 Å². The number of aryl methyl sites for hydroxylation is 1. The molecule has 2 aromatic carbocycles. The van der Waals surface area contributed by atoms with Crippen molar-refractivity contribution >= 4 is 17.4 Å². The van der Waals surface area contributed by atoms with Crippen molar-refractivity contribution in [2.75, 3.05) is 11.9 Å². The molecule has 0 saturated heterocycles. The van der Waals surface area contributed by atoms with Crippen LogP contribution in [0.5, 0.6) is 0 Å². The van der Waals surface area contributed by atoms with Crippen LogP contribution in [0.4, 0.5) is 29.1 Å². The maximum atomic E-state index is 13.4. The van der Waals surface area contributed by atoms with Crippen molar-refractivity contribution < 1.29 is 22.4 Å². The lowest BCUT2D eigenvalue weighted by atomic mass is 10.1. The number of hydrogen-bond donors (Lipinski definition) is 2. The molecule has 3 aromatic rings. The van der Waals surface area contributed by atoms with Crippen LogP contribution in [0.3, 0.4) is 0 Å². The molecule has 1 aromatic heterocycles. The molecule has 1 aliphatic heterocycles. The molecule has 0 radical (unpaired) electrons. The normalized spacial score (nSPS) is 14.8. The Labute approximate surface area is 181 Å². The third kappa shape index (κ3) is 4.31. The number of amides is 1. The van der Waals surface area contributed by atoms with Crippen LogP contribution in [0.2, 0.25) is 0 Å². The van der Waals surface area contributed by atoms with Gasteiger partial charge in [-0.2, -0.15) is 13.2 Å². The number of carbonyl (C=O) groups excluding carboxylic acids is 1. The van der Waals surface area contributed by atoms with Gasteiger partial charge in [0.05, 0.1) is 6.54 Å². The highest BCUT2D eigenvalue weighted by Crippen LogP contribution is 2.34. The average Bonchev–Trinajstić information content (AvgIpc) is 3.11. The van der Waals surface area contributed by atoms with E-state index in [1.54, 1.807) is 12.1 Å². The molecule has 1 amide bonds. The van der Waals surface area contributed by atoms with Gasteiger partial charge in [-0.3, -0.25) is 4.79 Å². The quantitative estimate of drug-likeness (QED) is 0.594. The molecule has 0 spiro atoms. The summed E-state index contributed by atoms with van der Waals surface area (Å²) in [7, 11) is 0. The van der Waals surface area contributed by atoms with E-state index in [2.05, 4.69) is 10.3 Å². The van der Waals surface area contributed by atoms with E-state index in [4.69, 9.17) is 5.73 Å². The number of halogens is 4. The molecule has 1 unspecified atom stereocenters. The van der Waals surface area contributed by atoms with Crippen LogP contribution in [-0.2, 0) is 17.9 Å². The average molecular weight is 447 g/mol. The third-order valence-corrected chi connectivity index (χ3v) is 5.33. The van der Waals surface area contributed by atoms with Gasteiger partial charge in [0.25, 0.3) is 0 Å². The fourth-order valence-corrected chi connectivity index (χ4v) is 3.57. The highest BCUT2D eigenvalue weighted by molar-refractivity contribution is 5.83. The molecule has 168 valence electrons. The molecule has 2 heterocycles. The summed E-state index contributed by atoms with van der Waals surface area (Å²) in [6.45, 7) is 2.13. The van der Waals surface area contributed by atoms with Gasteiger partial charge in [0.1, 0.15) is 23.2 Å². The van der Waals surface area contributed by atoms with E-state index in [0.29, 0.717) is 22.9 Å². The first-order valence-corrected chi connectivity index (χ1v) is 9.93. The molecule has 1 aliphatic rings. The van der Waals surface area contributed by atoms with Crippen molar-refractivity contribution in [3.8, 4) is 11.3 Å². The summed E-state index contributed by atoms with van der Waals surface area (Å²) in [5, 5.41) is 3.31. The minimum atomic E-state index is -4.82. The third-order valence-electron chi connectivity index (χ3n) is 5.33. The summed E-state index contributed by atoms with van der Waals surface area (Å²) in [5.41, 5.74) is 8.12. The van der Waals surface area contributed by atoms with E-state index in [1.807, 2.05) is 35.8 Å². The number of rotatable bonds is 4. The number of nitrogens with zero attached hydrogens (tertiary/aromatic N) is 3. The first-order valence-electron chi connectivity index (χ1n) is 9.93. The smallest absolute Gasteiger partial charge is 0.340 e. The maximum absolute atomic E-state index is 13.4. The number of aromatic nitrogens is 2. The minimum absolute atomic E-state index is 0.0530. The van der Waals surface area contributed by atoms with E-state index >= 15 is 0 Å². The maximum Gasteiger partial charge on any atom is 0.412 e. The summed E-state index contributed by atoms with van der Waals surface area (Å²) in [4.78, 5) is 17.9. The van der Waals surface area contributed by atoms with Crippen molar-refractivity contribution in [1.29, 1.82) is 0 Å². The fraction of sp³-hybridized carbons (Fsp3) is 0.273. The Kier molecular flexibility index (Phi) is 5.64. The molecule has 0 aliphatic carbocycles. The van der Waals surface area contributed by atoms with Gasteiger partial charge in [-0.05, 0) is 43.3 Å². The number of carbonyl (C=O) groups is 1. The molecular formula is C22H21F4N5O. The van der Waals surface area contributed by atoms with Gasteiger partial charge in [0.15, 0.2) is 6.04 Å². The highest BCUT2D eigenvalue weighted by Gasteiger charge is 2.44. The Morgan fingerprint density at radius 1 is 1.09 bits per heavy atom. The van der Waals surface area contributed by atoms with Crippen LogP contribution in [-0.4, -0.2) is 39.1 Å². The predicted molar refractivity (Wildman–Crippen MR) is 112 cm³/mol. The fourth-order valence-electron chi connectivity index (χ4n) is 3.57. The Balaban J connectivity index is 1.70. The number of imidazole rings is 1. The first kappa shape index (κ1) is 21.8. The van der Waals surface area contributed by atoms with Crippen LogP contribution in [0.15, 0.2) is 48.5 Å². The Hall–Kier alpha value is -3.40. The summed E-state index contributed by atoms with van der Waals surface area (Å²) in [6.07, 6.45) is -4.82. The number of benzene rings is 2. The highest BCUT2D eigenvalue weighted by atomic mass is 19.4. The lowest BCUT2D eigenvalue weighted by Gasteiger charge is -2.31. The van der Waals surface area contributed by atoms with Gasteiger partial charge in [0.2, 0.25) is 5.91 Å². The summed E-state index contributed by atoms with van der Waals surface area (Å²) >= 11 is 0. The standard InChI is InChI=1S/C22H21F4N5O/c1-13-2-8-16(9-3-13)28-20-18(14-4-6-15(23)7-5-14)29-17-12-30(10-11-31(17)20)21(32)19(27)22(24,25)26/h2-9,19,28H,10-12,27H2,1H3. The number of nitrogens with one attached hydrogen (secondary N) is 1. The molecule has 4 rings (SSSR count). The zero-order chi connectivity index (χ0) is 23.0. The molecule has 32 heavy (non-hydrogen) atoms. The molecule has 0 fully saturated rings. The molecule has 1 atom stereocenters. The topological polar surface area (TPSA) is 76.2 Å². The molecule has 6 nitrogen and oxygen atoms in total. The number of alkyl halides is 3. The molecule has 0 saturated carbocycles. The van der Waals surface area contributed by atoms with Crippen molar-refractivity contribution in [2.45, 2.75) is 32.2 Å². The lowest BCUT2D eigenvalue weighted by Crippen LogP contribution is -2.53. The van der Waals surface area contributed by atoms with E-state index in [1.165, 1.54) is 12.1 Å². The number of anilines is 2. The second-order valence-electron chi connectivity index (χ2n) is 7.65. The van der Waals surface area contributed by atoms with E-state index < -0.39 is 23.9 Å². The molecule has 3 N–H and O–H groups in total. The van der Waals surface area contributed by atoms with Gasteiger partial charge in [0, 0.05) is 24.3 Å². The summed E-state index contributed by atoms with van der Waals surface area (Å²) < 4.78 is 54.0. The van der Waals surface area contributed by atoms with Crippen molar-refractivity contribution in [2.24, 2.45) is 5.73 Å². The van der Waals surface area contributed by atoms with Gasteiger partial charge in [-0.1, -0.05) is 17.7 Å². The Bertz CT molecular complexity index is 1120. The largest absolute Gasteiger partial charge is 0.412 e. The zero-order valence-corrected chi connectivity index (χ0v) is 17.2. The lowest BCUT2D eigenvalue weighted by molar-refractivity contribution is -0.171. The van der Waals surface area contributed by atoms with E-state index in [-0.39, 0.29) is 19.6 Å². The second-order valence-corrected chi connectivity index (χ2v) is 7.65. The monoisotopic (exact) mass is 447 g/mol. The zero-order valence-electron chi connectivity index (χ0n) is 17.2. The van der Waals surface area contributed by atoms with Crippen LogP contribution in [0, 0.1) is 12.7 Å². The molecule has 0 bridgehead atoms. The minimum Gasteiger partial charge on any atom is -0.340 e. The van der Waals surface area contributed by atoms with E-state index in [9.17, 15) is 22.4 Å². The summed E-state index contributed by atoms with van der Waals surface area (Å²) in [6, 6.07) is 10.8.